The standard InChI is InChI=1S/C21H21FN2O/c1-4-14(3)23-21(25)18-12-20(15-6-8-16(22)9-7-15)24-19-10-5-13(2)11-17(18)19/h5-12,14H,4H2,1-3H3,(H,23,25)/t14-/m1/s1. The zero-order chi connectivity index (χ0) is 18.0. The Bertz CT molecular complexity index is 919. The van der Waals surface area contributed by atoms with Gasteiger partial charge in [-0.25, -0.2) is 9.37 Å². The maximum Gasteiger partial charge on any atom is 0.252 e. The number of pyridine rings is 1. The first kappa shape index (κ1) is 17.1. The molecule has 3 nitrogen and oxygen atoms in total. The summed E-state index contributed by atoms with van der Waals surface area (Å²) in [6, 6.07) is 13.9. The molecule has 25 heavy (non-hydrogen) atoms. The van der Waals surface area contributed by atoms with Gasteiger partial charge in [0.15, 0.2) is 0 Å². The van der Waals surface area contributed by atoms with Gasteiger partial charge in [0, 0.05) is 17.0 Å². The number of hydrogen-bond donors (Lipinski definition) is 1. The van der Waals surface area contributed by atoms with Crippen molar-refractivity contribution in [1.82, 2.24) is 10.3 Å². The van der Waals surface area contributed by atoms with Crippen LogP contribution in [-0.2, 0) is 0 Å². The van der Waals surface area contributed by atoms with Crippen molar-refractivity contribution in [2.75, 3.05) is 0 Å². The van der Waals surface area contributed by atoms with Crippen molar-refractivity contribution < 1.29 is 9.18 Å². The van der Waals surface area contributed by atoms with E-state index in [0.29, 0.717) is 11.3 Å². The highest BCUT2D eigenvalue weighted by Gasteiger charge is 2.15. The van der Waals surface area contributed by atoms with Gasteiger partial charge in [-0.2, -0.15) is 0 Å². The molecule has 128 valence electrons. The summed E-state index contributed by atoms with van der Waals surface area (Å²) in [5.74, 6) is -0.411. The number of carbonyl (C=O) groups excluding carboxylic acids is 1. The third-order valence-corrected chi connectivity index (χ3v) is 4.34. The Morgan fingerprint density at radius 2 is 1.88 bits per heavy atom. The quantitative estimate of drug-likeness (QED) is 0.738. The fourth-order valence-corrected chi connectivity index (χ4v) is 2.70. The van der Waals surface area contributed by atoms with E-state index in [1.807, 2.05) is 39.0 Å². The van der Waals surface area contributed by atoms with Gasteiger partial charge in [-0.1, -0.05) is 18.6 Å². The van der Waals surface area contributed by atoms with Gasteiger partial charge < -0.3 is 5.32 Å². The molecule has 2 aromatic carbocycles. The molecule has 1 aromatic heterocycles. The molecule has 0 bridgehead atoms. The fourth-order valence-electron chi connectivity index (χ4n) is 2.70. The molecule has 0 fully saturated rings. The number of fused-ring (bicyclic) bond motifs is 1. The van der Waals surface area contributed by atoms with Gasteiger partial charge >= 0.3 is 0 Å². The lowest BCUT2D eigenvalue weighted by molar-refractivity contribution is 0.0941. The third kappa shape index (κ3) is 3.68. The zero-order valence-corrected chi connectivity index (χ0v) is 14.6. The lowest BCUT2D eigenvalue weighted by atomic mass is 10.0. The Morgan fingerprint density at radius 3 is 2.56 bits per heavy atom. The van der Waals surface area contributed by atoms with Gasteiger partial charge in [0.25, 0.3) is 5.91 Å². The second kappa shape index (κ2) is 7.01. The number of nitrogens with one attached hydrogen (secondary N) is 1. The molecule has 1 heterocycles. The van der Waals surface area contributed by atoms with E-state index in [2.05, 4.69) is 10.3 Å². The lowest BCUT2D eigenvalue weighted by Gasteiger charge is -2.14. The summed E-state index contributed by atoms with van der Waals surface area (Å²) in [4.78, 5) is 17.4. The predicted octanol–water partition coefficient (Wildman–Crippen LogP) is 4.88. The number of amides is 1. The van der Waals surface area contributed by atoms with Gasteiger partial charge in [-0.3, -0.25) is 4.79 Å². The summed E-state index contributed by atoms with van der Waals surface area (Å²) in [6.45, 7) is 6.00. The van der Waals surface area contributed by atoms with Crippen molar-refractivity contribution in [2.24, 2.45) is 0 Å². The molecule has 4 heteroatoms. The molecule has 3 aromatic rings. The maximum atomic E-state index is 13.2. The Morgan fingerprint density at radius 1 is 1.16 bits per heavy atom. The minimum Gasteiger partial charge on any atom is -0.350 e. The summed E-state index contributed by atoms with van der Waals surface area (Å²) >= 11 is 0. The molecular formula is C21H21FN2O. The number of rotatable bonds is 4. The van der Waals surface area contributed by atoms with Crippen LogP contribution in [0, 0.1) is 12.7 Å². The van der Waals surface area contributed by atoms with Crippen molar-refractivity contribution >= 4 is 16.8 Å². The van der Waals surface area contributed by atoms with Gasteiger partial charge in [0.1, 0.15) is 5.82 Å². The maximum absolute atomic E-state index is 13.2. The van der Waals surface area contributed by atoms with E-state index in [1.54, 1.807) is 18.2 Å². The lowest BCUT2D eigenvalue weighted by Crippen LogP contribution is -2.32. The minimum atomic E-state index is -0.296. The highest BCUT2D eigenvalue weighted by molar-refractivity contribution is 6.07. The summed E-state index contributed by atoms with van der Waals surface area (Å²) < 4.78 is 13.2. The summed E-state index contributed by atoms with van der Waals surface area (Å²) in [6.07, 6.45) is 0.860. The van der Waals surface area contributed by atoms with Crippen LogP contribution in [0.25, 0.3) is 22.2 Å². The molecule has 0 aliphatic rings. The molecule has 0 radical (unpaired) electrons. The number of aryl methyl sites for hydroxylation is 1. The van der Waals surface area contributed by atoms with Gasteiger partial charge in [-0.05, 0) is 62.7 Å². The zero-order valence-electron chi connectivity index (χ0n) is 14.6. The van der Waals surface area contributed by atoms with Crippen LogP contribution in [0.2, 0.25) is 0 Å². The minimum absolute atomic E-state index is 0.0924. The fraction of sp³-hybridized carbons (Fsp3) is 0.238. The van der Waals surface area contributed by atoms with Crippen molar-refractivity contribution in [1.29, 1.82) is 0 Å². The molecular weight excluding hydrogens is 315 g/mol. The van der Waals surface area contributed by atoms with Crippen molar-refractivity contribution in [3.8, 4) is 11.3 Å². The number of benzene rings is 2. The highest BCUT2D eigenvalue weighted by Crippen LogP contribution is 2.26. The molecule has 1 atom stereocenters. The number of hydrogen-bond acceptors (Lipinski definition) is 2. The van der Waals surface area contributed by atoms with Crippen LogP contribution in [0.15, 0.2) is 48.5 Å². The molecule has 0 saturated carbocycles. The molecule has 0 unspecified atom stereocenters. The van der Waals surface area contributed by atoms with Gasteiger partial charge in [0.05, 0.1) is 16.8 Å². The van der Waals surface area contributed by atoms with Gasteiger partial charge in [-0.15, -0.1) is 0 Å². The number of carbonyl (C=O) groups is 1. The van der Waals surface area contributed by atoms with Crippen LogP contribution in [0.4, 0.5) is 4.39 Å². The van der Waals surface area contributed by atoms with Crippen LogP contribution in [-0.4, -0.2) is 16.9 Å². The monoisotopic (exact) mass is 336 g/mol. The highest BCUT2D eigenvalue weighted by atomic mass is 19.1. The Balaban J connectivity index is 2.16. The van der Waals surface area contributed by atoms with E-state index < -0.39 is 0 Å². The molecule has 0 saturated heterocycles. The molecule has 0 spiro atoms. The topological polar surface area (TPSA) is 42.0 Å². The van der Waals surface area contributed by atoms with E-state index >= 15 is 0 Å². The van der Waals surface area contributed by atoms with E-state index in [0.717, 1.165) is 28.5 Å². The molecule has 3 rings (SSSR count). The van der Waals surface area contributed by atoms with Gasteiger partial charge in [0.2, 0.25) is 0 Å². The van der Waals surface area contributed by atoms with E-state index in [4.69, 9.17) is 0 Å². The molecule has 1 amide bonds. The Hall–Kier alpha value is -2.75. The Labute approximate surface area is 146 Å². The van der Waals surface area contributed by atoms with Crippen molar-refractivity contribution in [3.63, 3.8) is 0 Å². The molecule has 0 aliphatic carbocycles. The van der Waals surface area contributed by atoms with Crippen LogP contribution in [0.1, 0.15) is 36.2 Å². The average molecular weight is 336 g/mol. The van der Waals surface area contributed by atoms with E-state index in [1.165, 1.54) is 12.1 Å². The molecule has 1 N–H and O–H groups in total. The predicted molar refractivity (Wildman–Crippen MR) is 99.1 cm³/mol. The van der Waals surface area contributed by atoms with Crippen molar-refractivity contribution in [3.05, 3.63) is 65.5 Å². The summed E-state index contributed by atoms with van der Waals surface area (Å²) in [5.41, 5.74) is 3.85. The first-order chi connectivity index (χ1) is 12.0. The number of halogens is 1. The second-order valence-electron chi connectivity index (χ2n) is 6.37. The van der Waals surface area contributed by atoms with E-state index in [-0.39, 0.29) is 17.8 Å². The number of nitrogens with zero attached hydrogens (tertiary/aromatic N) is 1. The largest absolute Gasteiger partial charge is 0.350 e. The smallest absolute Gasteiger partial charge is 0.252 e. The second-order valence-corrected chi connectivity index (χ2v) is 6.37. The van der Waals surface area contributed by atoms with Crippen LogP contribution < -0.4 is 5.32 Å². The van der Waals surface area contributed by atoms with E-state index in [9.17, 15) is 9.18 Å². The van der Waals surface area contributed by atoms with Crippen molar-refractivity contribution in [2.45, 2.75) is 33.2 Å². The first-order valence-electron chi connectivity index (χ1n) is 8.46. The SMILES string of the molecule is CC[C@@H](C)NC(=O)c1cc(-c2ccc(F)cc2)nc2ccc(C)cc12. The molecule has 0 aliphatic heterocycles. The summed E-state index contributed by atoms with van der Waals surface area (Å²) in [5, 5.41) is 3.84. The average Bonchev–Trinajstić information content (AvgIpc) is 2.61. The summed E-state index contributed by atoms with van der Waals surface area (Å²) in [7, 11) is 0. The Kier molecular flexibility index (Phi) is 4.79. The van der Waals surface area contributed by atoms with Crippen LogP contribution in [0.3, 0.4) is 0 Å². The third-order valence-electron chi connectivity index (χ3n) is 4.34. The first-order valence-corrected chi connectivity index (χ1v) is 8.46. The van der Waals surface area contributed by atoms with Crippen LogP contribution >= 0.6 is 0 Å². The number of aromatic nitrogens is 1. The normalized spacial score (nSPS) is 12.2. The van der Waals surface area contributed by atoms with Crippen LogP contribution in [0.5, 0.6) is 0 Å².